The van der Waals surface area contributed by atoms with Gasteiger partial charge in [-0.2, -0.15) is 10.5 Å². The van der Waals surface area contributed by atoms with E-state index in [2.05, 4.69) is 22.4 Å². The third-order valence-electron chi connectivity index (χ3n) is 7.35. The first-order valence-electron chi connectivity index (χ1n) is 15.2. The summed E-state index contributed by atoms with van der Waals surface area (Å²) in [5, 5.41) is 27.2. The van der Waals surface area contributed by atoms with Crippen LogP contribution in [0.5, 0.6) is 5.75 Å². The molecule has 4 aromatic rings. The van der Waals surface area contributed by atoms with Crippen molar-refractivity contribution >= 4 is 52.4 Å². The van der Waals surface area contributed by atoms with Crippen LogP contribution in [0.25, 0.3) is 21.7 Å². The quantitative estimate of drug-likeness (QED) is 0.102. The van der Waals surface area contributed by atoms with Crippen molar-refractivity contribution < 1.29 is 19.1 Å². The number of hydrogen-bond acceptors (Lipinski definition) is 12. The number of halogens is 1. The van der Waals surface area contributed by atoms with Crippen LogP contribution in [-0.2, 0) is 20.1 Å². The molecule has 1 fully saturated rings. The number of carbonyl (C=O) groups is 2. The van der Waals surface area contributed by atoms with E-state index in [9.17, 15) is 20.1 Å². The van der Waals surface area contributed by atoms with E-state index in [1.165, 1.54) is 30.0 Å². The molecule has 0 radical (unpaired) electrons. The standard InChI is InChI=1S/C34H32ClN7O4S2/c1-21(38)32(44)39-18-29(43)46-15-14-45-26-10-6-22(7-11-26)30-27(16-36)31(42-12-2-3-13-42)41-34(28(30)17-37)48-20-25-19-47-33(40-25)23-4-8-24(35)9-5-23/h4-11,19,21H,2-3,12-15,18,20,38H2,1H3,(H,39,44). The average molecular weight is 702 g/mol. The number of nitrogens with two attached hydrogens (primary N) is 1. The van der Waals surface area contributed by atoms with Crippen molar-refractivity contribution in [3.05, 3.63) is 75.8 Å². The van der Waals surface area contributed by atoms with Crippen molar-refractivity contribution in [3.63, 3.8) is 0 Å². The van der Waals surface area contributed by atoms with E-state index in [1.54, 1.807) is 24.3 Å². The van der Waals surface area contributed by atoms with Gasteiger partial charge in [0.15, 0.2) is 0 Å². The van der Waals surface area contributed by atoms with Gasteiger partial charge >= 0.3 is 5.97 Å². The van der Waals surface area contributed by atoms with Gasteiger partial charge in [-0.3, -0.25) is 9.59 Å². The van der Waals surface area contributed by atoms with Gasteiger partial charge in [0.2, 0.25) is 5.91 Å². The summed E-state index contributed by atoms with van der Waals surface area (Å²) in [5.41, 5.74) is 9.17. The topological polar surface area (TPSA) is 167 Å². The summed E-state index contributed by atoms with van der Waals surface area (Å²) < 4.78 is 10.8. The highest BCUT2D eigenvalue weighted by molar-refractivity contribution is 7.98. The number of aromatic nitrogens is 2. The lowest BCUT2D eigenvalue weighted by Crippen LogP contribution is -2.41. The fourth-order valence-corrected chi connectivity index (χ4v) is 6.89. The maximum absolute atomic E-state index is 11.8. The first-order valence-corrected chi connectivity index (χ1v) is 17.4. The molecule has 1 saturated heterocycles. The van der Waals surface area contributed by atoms with Gasteiger partial charge in [-0.15, -0.1) is 11.3 Å². The van der Waals surface area contributed by atoms with Crippen molar-refractivity contribution in [2.75, 3.05) is 37.7 Å². The number of pyridine rings is 1. The molecule has 48 heavy (non-hydrogen) atoms. The molecule has 3 heterocycles. The van der Waals surface area contributed by atoms with Crippen LogP contribution in [0.1, 0.15) is 36.6 Å². The minimum Gasteiger partial charge on any atom is -0.490 e. The molecule has 1 atom stereocenters. The molecule has 5 rings (SSSR count). The van der Waals surface area contributed by atoms with Gasteiger partial charge in [-0.05, 0) is 49.6 Å². The van der Waals surface area contributed by atoms with E-state index in [0.717, 1.165) is 42.2 Å². The van der Waals surface area contributed by atoms with Crippen LogP contribution in [0.4, 0.5) is 5.82 Å². The van der Waals surface area contributed by atoms with Crippen molar-refractivity contribution in [1.82, 2.24) is 15.3 Å². The third-order valence-corrected chi connectivity index (χ3v) is 9.55. The summed E-state index contributed by atoms with van der Waals surface area (Å²) in [6.45, 7) is 2.87. The van der Waals surface area contributed by atoms with Crippen molar-refractivity contribution in [1.29, 1.82) is 10.5 Å². The molecule has 0 spiro atoms. The Balaban J connectivity index is 1.33. The summed E-state index contributed by atoms with van der Waals surface area (Å²) in [7, 11) is 0. The number of thioether (sulfide) groups is 1. The zero-order valence-corrected chi connectivity index (χ0v) is 28.5. The van der Waals surface area contributed by atoms with Gasteiger partial charge in [0.05, 0.1) is 17.3 Å². The molecule has 14 heteroatoms. The molecule has 2 aromatic carbocycles. The Hall–Kier alpha value is -4.66. The van der Waals surface area contributed by atoms with Crippen molar-refractivity contribution in [2.45, 2.75) is 36.6 Å². The van der Waals surface area contributed by atoms with Crippen LogP contribution in [0.2, 0.25) is 5.02 Å². The lowest BCUT2D eigenvalue weighted by Gasteiger charge is -2.22. The summed E-state index contributed by atoms with van der Waals surface area (Å²) in [6.07, 6.45) is 2.00. The number of amides is 1. The number of rotatable bonds is 13. The highest BCUT2D eigenvalue weighted by atomic mass is 35.5. The minimum absolute atomic E-state index is 0.0178. The minimum atomic E-state index is -0.722. The fourth-order valence-electron chi connectivity index (χ4n) is 4.96. The zero-order valence-electron chi connectivity index (χ0n) is 26.1. The Bertz CT molecular complexity index is 1850. The second kappa shape index (κ2) is 16.4. The monoisotopic (exact) mass is 701 g/mol. The maximum Gasteiger partial charge on any atom is 0.325 e. The molecule has 1 aliphatic rings. The second-order valence-corrected chi connectivity index (χ2v) is 13.1. The molecule has 1 unspecified atom stereocenters. The van der Waals surface area contributed by atoms with Gasteiger partial charge < -0.3 is 25.4 Å². The van der Waals surface area contributed by atoms with E-state index in [1.807, 2.05) is 29.6 Å². The van der Waals surface area contributed by atoms with Gasteiger partial charge in [0.25, 0.3) is 0 Å². The molecule has 0 saturated carbocycles. The summed E-state index contributed by atoms with van der Waals surface area (Å²) in [6, 6.07) is 18.5. The molecule has 1 aliphatic heterocycles. The predicted octanol–water partition coefficient (Wildman–Crippen LogP) is 5.55. The van der Waals surface area contributed by atoms with Crippen molar-refractivity contribution in [3.8, 4) is 39.6 Å². The lowest BCUT2D eigenvalue weighted by atomic mass is 9.96. The maximum atomic E-state index is 11.8. The number of nitriles is 2. The number of nitrogens with one attached hydrogen (secondary N) is 1. The largest absolute Gasteiger partial charge is 0.490 e. The summed E-state index contributed by atoms with van der Waals surface area (Å²) in [5.74, 6) is 0.532. The highest BCUT2D eigenvalue weighted by Crippen LogP contribution is 2.40. The summed E-state index contributed by atoms with van der Waals surface area (Å²) in [4.78, 5) is 35.1. The molecular weight excluding hydrogens is 670 g/mol. The average Bonchev–Trinajstić information content (AvgIpc) is 3.81. The summed E-state index contributed by atoms with van der Waals surface area (Å²) >= 11 is 9.00. The first kappa shape index (κ1) is 34.7. The number of carbonyl (C=O) groups excluding carboxylic acids is 2. The number of thiazole rings is 1. The Labute approximate surface area is 291 Å². The number of nitrogens with zero attached hydrogens (tertiary/aromatic N) is 5. The third kappa shape index (κ3) is 8.62. The number of anilines is 1. The highest BCUT2D eigenvalue weighted by Gasteiger charge is 2.26. The number of benzene rings is 2. The Morgan fingerprint density at radius 1 is 1.04 bits per heavy atom. The van der Waals surface area contributed by atoms with Crippen molar-refractivity contribution in [2.24, 2.45) is 5.73 Å². The van der Waals surface area contributed by atoms with E-state index in [-0.39, 0.29) is 19.8 Å². The van der Waals surface area contributed by atoms with Crippen LogP contribution < -0.4 is 20.7 Å². The van der Waals surface area contributed by atoms with E-state index < -0.39 is 17.9 Å². The Morgan fingerprint density at radius 2 is 1.73 bits per heavy atom. The molecular formula is C34H32ClN7O4S2. The van der Waals surface area contributed by atoms with Crippen LogP contribution in [0, 0.1) is 22.7 Å². The SMILES string of the molecule is CC(N)C(=O)NCC(=O)OCCOc1ccc(-c2c(C#N)c(SCc3csc(-c4ccc(Cl)cc4)n3)nc(N3CCCC3)c2C#N)cc1. The Morgan fingerprint density at radius 3 is 2.40 bits per heavy atom. The first-order chi connectivity index (χ1) is 23.3. The van der Waals surface area contributed by atoms with Gasteiger partial charge in [0, 0.05) is 40.4 Å². The molecule has 11 nitrogen and oxygen atoms in total. The number of esters is 1. The Kier molecular flexibility index (Phi) is 11.9. The number of ether oxygens (including phenoxy) is 2. The predicted molar refractivity (Wildman–Crippen MR) is 186 cm³/mol. The second-order valence-electron chi connectivity index (χ2n) is 10.8. The fraction of sp³-hybridized carbons (Fsp3) is 0.294. The van der Waals surface area contributed by atoms with Gasteiger partial charge in [-0.25, -0.2) is 9.97 Å². The molecule has 246 valence electrons. The normalized spacial score (nSPS) is 13.0. The van der Waals surface area contributed by atoms with Crippen LogP contribution in [0.15, 0.2) is 58.9 Å². The van der Waals surface area contributed by atoms with E-state index in [4.69, 9.17) is 36.8 Å². The van der Waals surface area contributed by atoms with Gasteiger partial charge in [-0.1, -0.05) is 47.6 Å². The molecule has 0 bridgehead atoms. The van der Waals surface area contributed by atoms with Crippen LogP contribution in [-0.4, -0.2) is 60.7 Å². The molecule has 1 amide bonds. The molecule has 0 aliphatic carbocycles. The van der Waals surface area contributed by atoms with Gasteiger partial charge in [0.1, 0.15) is 59.1 Å². The zero-order chi connectivity index (χ0) is 34.0. The van der Waals surface area contributed by atoms with E-state index in [0.29, 0.717) is 49.6 Å². The van der Waals surface area contributed by atoms with Crippen LogP contribution >= 0.6 is 34.7 Å². The molecule has 2 aromatic heterocycles. The lowest BCUT2D eigenvalue weighted by molar-refractivity contribution is -0.144. The smallest absolute Gasteiger partial charge is 0.325 e. The molecule has 3 N–H and O–H groups in total. The van der Waals surface area contributed by atoms with Crippen LogP contribution in [0.3, 0.4) is 0 Å². The number of hydrogen-bond donors (Lipinski definition) is 2. The van der Waals surface area contributed by atoms with E-state index >= 15 is 0 Å².